The van der Waals surface area contributed by atoms with Gasteiger partial charge in [-0.2, -0.15) is 5.10 Å². The Labute approximate surface area is 160 Å². The van der Waals surface area contributed by atoms with Gasteiger partial charge in [0.15, 0.2) is 0 Å². The average molecular weight is 394 g/mol. The van der Waals surface area contributed by atoms with Crippen molar-refractivity contribution in [3.8, 4) is 11.4 Å². The third-order valence-corrected chi connectivity index (χ3v) is 6.16. The smallest absolute Gasteiger partial charge is 0.211 e. The zero-order valence-electron chi connectivity index (χ0n) is 16.0. The highest BCUT2D eigenvalue weighted by molar-refractivity contribution is 7.89. The standard InChI is InChI=1S/C19H27N3O4S/c1-4-27(23,24)21-19-9-10-25-12-16(19)13-26-18-7-5-17(6-8-18)22-15(3)11-14(2)20-22/h5-8,11,16,19,21H,4,9-10,12-13H2,1-3H3/t16-,19+/m1/s1. The number of hydrogen-bond acceptors (Lipinski definition) is 5. The van der Waals surface area contributed by atoms with E-state index >= 15 is 0 Å². The van der Waals surface area contributed by atoms with E-state index < -0.39 is 10.0 Å². The quantitative estimate of drug-likeness (QED) is 0.780. The summed E-state index contributed by atoms with van der Waals surface area (Å²) in [6, 6.07) is 9.61. The number of sulfonamides is 1. The summed E-state index contributed by atoms with van der Waals surface area (Å²) in [4.78, 5) is 0. The van der Waals surface area contributed by atoms with Crippen molar-refractivity contribution >= 4 is 10.0 Å². The van der Waals surface area contributed by atoms with Gasteiger partial charge in [0, 0.05) is 24.3 Å². The molecule has 7 nitrogen and oxygen atoms in total. The molecule has 1 saturated heterocycles. The molecule has 0 spiro atoms. The van der Waals surface area contributed by atoms with E-state index in [1.165, 1.54) is 0 Å². The van der Waals surface area contributed by atoms with Crippen LogP contribution in [0.4, 0.5) is 0 Å². The van der Waals surface area contributed by atoms with E-state index in [9.17, 15) is 8.42 Å². The van der Waals surface area contributed by atoms with Crippen LogP contribution < -0.4 is 9.46 Å². The van der Waals surface area contributed by atoms with E-state index in [1.807, 2.05) is 48.9 Å². The molecule has 1 fully saturated rings. The number of benzene rings is 1. The summed E-state index contributed by atoms with van der Waals surface area (Å²) in [7, 11) is -3.24. The molecule has 0 radical (unpaired) electrons. The van der Waals surface area contributed by atoms with E-state index in [4.69, 9.17) is 9.47 Å². The van der Waals surface area contributed by atoms with Gasteiger partial charge in [-0.05, 0) is 57.5 Å². The molecule has 3 rings (SSSR count). The second-order valence-electron chi connectivity index (χ2n) is 6.90. The first-order valence-electron chi connectivity index (χ1n) is 9.22. The summed E-state index contributed by atoms with van der Waals surface area (Å²) in [5.74, 6) is 0.796. The van der Waals surface area contributed by atoms with Crippen molar-refractivity contribution in [2.24, 2.45) is 5.92 Å². The van der Waals surface area contributed by atoms with Crippen molar-refractivity contribution < 1.29 is 17.9 Å². The molecule has 1 aliphatic rings. The van der Waals surface area contributed by atoms with Gasteiger partial charge in [-0.25, -0.2) is 17.8 Å². The van der Waals surface area contributed by atoms with Gasteiger partial charge in [-0.15, -0.1) is 0 Å². The minimum Gasteiger partial charge on any atom is -0.493 e. The average Bonchev–Trinajstić information content (AvgIpc) is 2.99. The fraction of sp³-hybridized carbons (Fsp3) is 0.526. The maximum Gasteiger partial charge on any atom is 0.211 e. The highest BCUT2D eigenvalue weighted by Crippen LogP contribution is 2.21. The number of ether oxygens (including phenoxy) is 2. The van der Waals surface area contributed by atoms with Crippen LogP contribution in [0.25, 0.3) is 5.69 Å². The van der Waals surface area contributed by atoms with Crippen molar-refractivity contribution in [3.05, 3.63) is 41.7 Å². The zero-order chi connectivity index (χ0) is 19.4. The van der Waals surface area contributed by atoms with E-state index in [2.05, 4.69) is 9.82 Å². The summed E-state index contributed by atoms with van der Waals surface area (Å²) < 4.78 is 39.9. The second kappa shape index (κ2) is 8.41. The van der Waals surface area contributed by atoms with Crippen LogP contribution >= 0.6 is 0 Å². The lowest BCUT2D eigenvalue weighted by atomic mass is 9.98. The van der Waals surface area contributed by atoms with Crippen LogP contribution in [-0.2, 0) is 14.8 Å². The lowest BCUT2D eigenvalue weighted by Gasteiger charge is -2.31. The highest BCUT2D eigenvalue weighted by Gasteiger charge is 2.29. The Morgan fingerprint density at radius 1 is 1.30 bits per heavy atom. The first-order chi connectivity index (χ1) is 12.9. The van der Waals surface area contributed by atoms with Crippen molar-refractivity contribution in [2.45, 2.75) is 33.2 Å². The summed E-state index contributed by atoms with van der Waals surface area (Å²) >= 11 is 0. The molecule has 8 heteroatoms. The Kier molecular flexibility index (Phi) is 6.18. The topological polar surface area (TPSA) is 82.5 Å². The lowest BCUT2D eigenvalue weighted by molar-refractivity contribution is 0.0186. The maximum absolute atomic E-state index is 11.9. The Bertz CT molecular complexity index is 862. The van der Waals surface area contributed by atoms with Crippen LogP contribution in [0.5, 0.6) is 5.75 Å². The van der Waals surface area contributed by atoms with Gasteiger partial charge in [0.2, 0.25) is 10.0 Å². The molecule has 1 aromatic carbocycles. The normalized spacial score (nSPS) is 20.6. The summed E-state index contributed by atoms with van der Waals surface area (Å²) in [6.45, 7) is 7.07. The molecule has 1 aromatic heterocycles. The molecule has 2 aromatic rings. The molecule has 0 unspecified atom stereocenters. The molecule has 0 bridgehead atoms. The van der Waals surface area contributed by atoms with Crippen molar-refractivity contribution in [1.82, 2.24) is 14.5 Å². The highest BCUT2D eigenvalue weighted by atomic mass is 32.2. The van der Waals surface area contributed by atoms with Gasteiger partial charge in [0.25, 0.3) is 0 Å². The number of aromatic nitrogens is 2. The molecule has 0 aliphatic carbocycles. The van der Waals surface area contributed by atoms with E-state index in [-0.39, 0.29) is 17.7 Å². The summed E-state index contributed by atoms with van der Waals surface area (Å²) in [6.07, 6.45) is 0.657. The minimum absolute atomic E-state index is 0.0178. The predicted octanol–water partition coefficient (Wildman–Crippen LogP) is 2.21. The van der Waals surface area contributed by atoms with Gasteiger partial charge in [0.1, 0.15) is 5.75 Å². The Morgan fingerprint density at radius 3 is 2.67 bits per heavy atom. The molecular formula is C19H27N3O4S. The molecular weight excluding hydrogens is 366 g/mol. The fourth-order valence-electron chi connectivity index (χ4n) is 3.21. The van der Waals surface area contributed by atoms with Crippen molar-refractivity contribution in [3.63, 3.8) is 0 Å². The van der Waals surface area contributed by atoms with Gasteiger partial charge >= 0.3 is 0 Å². The molecule has 2 heterocycles. The lowest BCUT2D eigenvalue weighted by Crippen LogP contribution is -2.47. The third-order valence-electron chi connectivity index (χ3n) is 4.74. The monoisotopic (exact) mass is 393 g/mol. The van der Waals surface area contributed by atoms with Gasteiger partial charge < -0.3 is 9.47 Å². The summed E-state index contributed by atoms with van der Waals surface area (Å²) in [5.41, 5.74) is 3.03. The van der Waals surface area contributed by atoms with Crippen LogP contribution in [0.1, 0.15) is 24.7 Å². The maximum atomic E-state index is 11.9. The van der Waals surface area contributed by atoms with E-state index in [1.54, 1.807) is 6.92 Å². The van der Waals surface area contributed by atoms with Crippen LogP contribution in [0, 0.1) is 19.8 Å². The Balaban J connectivity index is 1.62. The van der Waals surface area contributed by atoms with Crippen LogP contribution in [0.3, 0.4) is 0 Å². The zero-order valence-corrected chi connectivity index (χ0v) is 16.8. The Morgan fingerprint density at radius 2 is 2.04 bits per heavy atom. The first kappa shape index (κ1) is 19.9. The van der Waals surface area contributed by atoms with Crippen molar-refractivity contribution in [1.29, 1.82) is 0 Å². The van der Waals surface area contributed by atoms with Crippen LogP contribution in [-0.4, -0.2) is 49.8 Å². The Hall–Kier alpha value is -1.90. The number of nitrogens with zero attached hydrogens (tertiary/aromatic N) is 2. The minimum atomic E-state index is -3.24. The van der Waals surface area contributed by atoms with Crippen molar-refractivity contribution in [2.75, 3.05) is 25.6 Å². The predicted molar refractivity (Wildman–Crippen MR) is 104 cm³/mol. The van der Waals surface area contributed by atoms with Crippen LogP contribution in [0.2, 0.25) is 0 Å². The molecule has 1 aliphatic heterocycles. The van der Waals surface area contributed by atoms with E-state index in [0.29, 0.717) is 26.2 Å². The number of nitrogens with one attached hydrogen (secondary N) is 1. The molecule has 0 saturated carbocycles. The molecule has 148 valence electrons. The largest absolute Gasteiger partial charge is 0.493 e. The number of hydrogen-bond donors (Lipinski definition) is 1. The summed E-state index contributed by atoms with van der Waals surface area (Å²) in [5, 5.41) is 4.48. The van der Waals surface area contributed by atoms with E-state index in [0.717, 1.165) is 22.8 Å². The first-order valence-corrected chi connectivity index (χ1v) is 10.9. The number of rotatable bonds is 7. The number of aryl methyl sites for hydroxylation is 2. The van der Waals surface area contributed by atoms with Crippen LogP contribution in [0.15, 0.2) is 30.3 Å². The van der Waals surface area contributed by atoms with Gasteiger partial charge in [-0.3, -0.25) is 0 Å². The van der Waals surface area contributed by atoms with Gasteiger partial charge in [0.05, 0.1) is 30.3 Å². The molecule has 0 amide bonds. The molecule has 27 heavy (non-hydrogen) atoms. The molecule has 1 N–H and O–H groups in total. The van der Waals surface area contributed by atoms with Gasteiger partial charge in [-0.1, -0.05) is 0 Å². The molecule has 2 atom stereocenters. The third kappa shape index (κ3) is 5.09. The fourth-order valence-corrected chi connectivity index (χ4v) is 4.15. The SMILES string of the molecule is CCS(=O)(=O)N[C@H]1CCOC[C@@H]1COc1ccc(-n2nc(C)cc2C)cc1. The second-order valence-corrected chi connectivity index (χ2v) is 8.94.